The molecule has 1 saturated heterocycles. The number of hydrogen-bond donors (Lipinski definition) is 2. The molecule has 0 saturated carbocycles. The van der Waals surface area contributed by atoms with Crippen LogP contribution in [0.5, 0.6) is 0 Å². The van der Waals surface area contributed by atoms with Crippen molar-refractivity contribution in [1.82, 2.24) is 35.5 Å². The van der Waals surface area contributed by atoms with E-state index in [0.29, 0.717) is 5.69 Å². The van der Waals surface area contributed by atoms with Crippen LogP contribution in [0.3, 0.4) is 0 Å². The highest BCUT2D eigenvalue weighted by Crippen LogP contribution is 2.14. The average Bonchev–Trinajstić information content (AvgIpc) is 2.96. The summed E-state index contributed by atoms with van der Waals surface area (Å²) in [5.74, 6) is 0.0351. The molecule has 0 amide bonds. The Morgan fingerprint density at radius 3 is 2.76 bits per heavy atom. The predicted octanol–water partition coefficient (Wildman–Crippen LogP) is -1.38. The van der Waals surface area contributed by atoms with Gasteiger partial charge in [0.25, 0.3) is 0 Å². The zero-order chi connectivity index (χ0) is 14.7. The Hall–Kier alpha value is -2.62. The fourth-order valence-corrected chi connectivity index (χ4v) is 2.03. The quantitative estimate of drug-likeness (QED) is 0.701. The molecule has 0 spiro atoms. The summed E-state index contributed by atoms with van der Waals surface area (Å²) in [6.45, 7) is 3.30. The smallest absolute Gasteiger partial charge is 0.327 e. The standard InChI is InChI=1S/C11H14N8O2/c20-10(21)7-19-16-11(15-17-19)8-5-14-9(6-13-8)18-3-1-12-2-4-18/h5-6,12H,1-4,7H2,(H,20,21). The molecule has 0 bridgehead atoms. The summed E-state index contributed by atoms with van der Waals surface area (Å²) >= 11 is 0. The second-order valence-corrected chi connectivity index (χ2v) is 4.53. The molecule has 3 rings (SSSR count). The van der Waals surface area contributed by atoms with Gasteiger partial charge in [-0.25, -0.2) is 9.97 Å². The van der Waals surface area contributed by atoms with Gasteiger partial charge in [-0.2, -0.15) is 4.80 Å². The molecule has 3 heterocycles. The van der Waals surface area contributed by atoms with E-state index in [0.717, 1.165) is 36.8 Å². The molecule has 0 atom stereocenters. The van der Waals surface area contributed by atoms with Crippen LogP contribution in [-0.2, 0) is 11.3 Å². The van der Waals surface area contributed by atoms with Gasteiger partial charge in [0.05, 0.1) is 12.4 Å². The van der Waals surface area contributed by atoms with Crippen molar-refractivity contribution < 1.29 is 9.90 Å². The third kappa shape index (κ3) is 3.11. The van der Waals surface area contributed by atoms with Crippen molar-refractivity contribution in [2.75, 3.05) is 31.1 Å². The Bertz CT molecular complexity index is 619. The van der Waals surface area contributed by atoms with Crippen LogP contribution in [0.25, 0.3) is 11.5 Å². The summed E-state index contributed by atoms with van der Waals surface area (Å²) in [5, 5.41) is 23.3. The number of aliphatic carboxylic acids is 1. The molecule has 1 fully saturated rings. The second-order valence-electron chi connectivity index (χ2n) is 4.53. The molecule has 0 aromatic carbocycles. The lowest BCUT2D eigenvalue weighted by molar-refractivity contribution is -0.138. The zero-order valence-corrected chi connectivity index (χ0v) is 11.2. The van der Waals surface area contributed by atoms with Crippen LogP contribution < -0.4 is 10.2 Å². The van der Waals surface area contributed by atoms with Crippen LogP contribution in [0.2, 0.25) is 0 Å². The number of hydrogen-bond acceptors (Lipinski definition) is 8. The molecule has 110 valence electrons. The van der Waals surface area contributed by atoms with Gasteiger partial charge in [-0.3, -0.25) is 4.79 Å². The van der Waals surface area contributed by atoms with Gasteiger partial charge in [0.1, 0.15) is 11.5 Å². The van der Waals surface area contributed by atoms with Crippen molar-refractivity contribution in [1.29, 1.82) is 0 Å². The number of rotatable bonds is 4. The number of nitrogens with one attached hydrogen (secondary N) is 1. The van der Waals surface area contributed by atoms with Crippen LogP contribution in [0, 0.1) is 0 Å². The Morgan fingerprint density at radius 2 is 2.10 bits per heavy atom. The topological polar surface area (TPSA) is 122 Å². The number of carbonyl (C=O) groups is 1. The zero-order valence-electron chi connectivity index (χ0n) is 11.2. The monoisotopic (exact) mass is 290 g/mol. The first-order chi connectivity index (χ1) is 10.2. The largest absolute Gasteiger partial charge is 0.480 e. The van der Waals surface area contributed by atoms with E-state index in [9.17, 15) is 4.79 Å². The number of nitrogens with zero attached hydrogens (tertiary/aromatic N) is 7. The first-order valence-electron chi connectivity index (χ1n) is 6.50. The number of aromatic nitrogens is 6. The van der Waals surface area contributed by atoms with Crippen LogP contribution in [0.4, 0.5) is 5.82 Å². The summed E-state index contributed by atoms with van der Waals surface area (Å²) < 4.78 is 0. The van der Waals surface area contributed by atoms with Crippen molar-refractivity contribution >= 4 is 11.8 Å². The van der Waals surface area contributed by atoms with Gasteiger partial charge in [0.2, 0.25) is 5.82 Å². The molecule has 10 nitrogen and oxygen atoms in total. The van der Waals surface area contributed by atoms with E-state index in [2.05, 4.69) is 35.6 Å². The number of anilines is 1. The molecule has 2 N–H and O–H groups in total. The maximum atomic E-state index is 10.6. The van der Waals surface area contributed by atoms with Gasteiger partial charge >= 0.3 is 5.97 Å². The van der Waals surface area contributed by atoms with Crippen molar-refractivity contribution in [2.45, 2.75) is 6.54 Å². The fourth-order valence-electron chi connectivity index (χ4n) is 2.03. The van der Waals surface area contributed by atoms with E-state index in [1.165, 1.54) is 0 Å². The highest BCUT2D eigenvalue weighted by Gasteiger charge is 2.14. The molecular formula is C11H14N8O2. The number of tetrazole rings is 1. The van der Waals surface area contributed by atoms with Crippen molar-refractivity contribution in [3.05, 3.63) is 12.4 Å². The SMILES string of the molecule is O=C(O)Cn1nnc(-c2cnc(N3CCNCC3)cn2)n1. The average molecular weight is 290 g/mol. The van der Waals surface area contributed by atoms with Crippen LogP contribution >= 0.6 is 0 Å². The van der Waals surface area contributed by atoms with Crippen LogP contribution in [0.1, 0.15) is 0 Å². The van der Waals surface area contributed by atoms with E-state index >= 15 is 0 Å². The third-order valence-electron chi connectivity index (χ3n) is 3.04. The fraction of sp³-hybridized carbons (Fsp3) is 0.455. The van der Waals surface area contributed by atoms with E-state index in [1.54, 1.807) is 12.4 Å². The molecule has 1 aliphatic rings. The van der Waals surface area contributed by atoms with Crippen LogP contribution in [-0.4, -0.2) is 67.4 Å². The summed E-state index contributed by atoms with van der Waals surface area (Å²) in [7, 11) is 0. The molecule has 2 aromatic heterocycles. The number of carboxylic acids is 1. The molecule has 0 unspecified atom stereocenters. The van der Waals surface area contributed by atoms with Gasteiger partial charge in [-0.1, -0.05) is 0 Å². The lowest BCUT2D eigenvalue weighted by atomic mass is 10.3. The van der Waals surface area contributed by atoms with Gasteiger partial charge < -0.3 is 15.3 Å². The van der Waals surface area contributed by atoms with Crippen LogP contribution in [0.15, 0.2) is 12.4 Å². The minimum Gasteiger partial charge on any atom is -0.480 e. The Morgan fingerprint density at radius 1 is 1.29 bits per heavy atom. The van der Waals surface area contributed by atoms with E-state index in [-0.39, 0.29) is 12.4 Å². The maximum absolute atomic E-state index is 10.6. The maximum Gasteiger partial charge on any atom is 0.327 e. The van der Waals surface area contributed by atoms with Gasteiger partial charge in [0, 0.05) is 26.2 Å². The summed E-state index contributed by atoms with van der Waals surface area (Å²) in [5.41, 5.74) is 0.463. The Kier molecular flexibility index (Phi) is 3.69. The first-order valence-corrected chi connectivity index (χ1v) is 6.50. The second kappa shape index (κ2) is 5.79. The minimum absolute atomic E-state index is 0.260. The molecular weight excluding hydrogens is 276 g/mol. The number of carboxylic acid groups (broad SMARTS) is 1. The number of piperazine rings is 1. The summed E-state index contributed by atoms with van der Waals surface area (Å²) in [6.07, 6.45) is 3.23. The molecule has 21 heavy (non-hydrogen) atoms. The molecule has 2 aromatic rings. The predicted molar refractivity (Wildman–Crippen MR) is 71.6 cm³/mol. The highest BCUT2D eigenvalue weighted by atomic mass is 16.4. The van der Waals surface area contributed by atoms with E-state index < -0.39 is 5.97 Å². The van der Waals surface area contributed by atoms with Gasteiger partial charge in [-0.05, 0) is 5.21 Å². The summed E-state index contributed by atoms with van der Waals surface area (Å²) in [4.78, 5) is 22.3. The third-order valence-corrected chi connectivity index (χ3v) is 3.04. The van der Waals surface area contributed by atoms with Gasteiger partial charge in [0.15, 0.2) is 6.54 Å². The Labute approximate surface area is 119 Å². The van der Waals surface area contributed by atoms with Crippen molar-refractivity contribution in [2.24, 2.45) is 0 Å². The first kappa shape index (κ1) is 13.4. The van der Waals surface area contributed by atoms with E-state index in [4.69, 9.17) is 5.11 Å². The van der Waals surface area contributed by atoms with Crippen molar-refractivity contribution in [3.8, 4) is 11.5 Å². The lowest BCUT2D eigenvalue weighted by Crippen LogP contribution is -2.43. The molecule has 1 aliphatic heterocycles. The molecule has 0 radical (unpaired) electrons. The molecule has 10 heteroatoms. The minimum atomic E-state index is -1.03. The van der Waals surface area contributed by atoms with E-state index in [1.807, 2.05) is 0 Å². The van der Waals surface area contributed by atoms with Gasteiger partial charge in [-0.15, -0.1) is 10.2 Å². The normalized spacial score (nSPS) is 15.1. The lowest BCUT2D eigenvalue weighted by Gasteiger charge is -2.27. The highest BCUT2D eigenvalue weighted by molar-refractivity contribution is 5.66. The molecule has 0 aliphatic carbocycles. The Balaban J connectivity index is 1.74. The van der Waals surface area contributed by atoms with Crippen molar-refractivity contribution in [3.63, 3.8) is 0 Å². The summed E-state index contributed by atoms with van der Waals surface area (Å²) in [6, 6.07) is 0.